The molecule has 0 bridgehead atoms. The first kappa shape index (κ1) is 32.8. The summed E-state index contributed by atoms with van der Waals surface area (Å²) in [5, 5.41) is 0. The fourth-order valence-corrected chi connectivity index (χ4v) is 4.22. The van der Waals surface area contributed by atoms with Crippen molar-refractivity contribution in [3.05, 3.63) is 46.0 Å². The number of benzene rings is 2. The molecule has 0 aliphatic rings. The molecule has 0 saturated carbocycles. The van der Waals surface area contributed by atoms with Crippen molar-refractivity contribution in [3.63, 3.8) is 0 Å². The summed E-state index contributed by atoms with van der Waals surface area (Å²) in [5.41, 5.74) is -28.6. The summed E-state index contributed by atoms with van der Waals surface area (Å²) in [5.74, 6) is 0. The average Bonchev–Trinajstić information content (AvgIpc) is 2.87. The second-order valence-electron chi connectivity index (χ2n) is 9.03. The number of fused-ring (bicyclic) bond motifs is 7. The molecule has 0 N–H and O–H groups in total. The van der Waals surface area contributed by atoms with Crippen LogP contribution in [0.3, 0.4) is 0 Å². The Kier molecular flexibility index (Phi) is 6.78. The quantitative estimate of drug-likeness (QED) is 0.0918. The van der Waals surface area contributed by atoms with Crippen LogP contribution in [0, 0.1) is 0 Å². The Labute approximate surface area is 237 Å². The first-order chi connectivity index (χ1) is 20.6. The Bertz CT molecular complexity index is 1920. The van der Waals surface area contributed by atoms with E-state index in [2.05, 4.69) is 29.9 Å². The van der Waals surface area contributed by atoms with Crippen LogP contribution < -0.4 is 0 Å². The number of alkyl halides is 18. The Hall–Kier alpha value is -4.54. The minimum absolute atomic E-state index is 0.331. The lowest BCUT2D eigenvalue weighted by atomic mass is 10.0. The number of hydrogen-bond acceptors (Lipinski definition) is 6. The molecule has 6 nitrogen and oxygen atoms in total. The zero-order valence-electron chi connectivity index (χ0n) is 20.6. The predicted molar refractivity (Wildman–Crippen MR) is 113 cm³/mol. The molecule has 0 fully saturated rings. The maximum Gasteiger partial charge on any atom is 0.435 e. The van der Waals surface area contributed by atoms with Crippen LogP contribution in [0.4, 0.5) is 79.0 Å². The summed E-state index contributed by atoms with van der Waals surface area (Å²) in [6, 6.07) is -0.662. The summed E-state index contributed by atoms with van der Waals surface area (Å²) >= 11 is 0. The van der Waals surface area contributed by atoms with E-state index in [0.717, 1.165) is 0 Å². The van der Waals surface area contributed by atoms with Gasteiger partial charge in [-0.25, -0.2) is 29.9 Å². The average molecular weight is 692 g/mol. The third-order valence-electron chi connectivity index (χ3n) is 5.95. The molecule has 246 valence electrons. The van der Waals surface area contributed by atoms with E-state index in [9.17, 15) is 79.0 Å². The summed E-state index contributed by atoms with van der Waals surface area (Å²) in [6.07, 6.45) is -35.8. The van der Waals surface area contributed by atoms with Crippen LogP contribution in [0.5, 0.6) is 0 Å². The Morgan fingerprint density at radius 2 is 0.478 bits per heavy atom. The van der Waals surface area contributed by atoms with Gasteiger partial charge in [-0.3, -0.25) is 0 Å². The Morgan fingerprint density at radius 3 is 0.652 bits per heavy atom. The van der Waals surface area contributed by atoms with Crippen molar-refractivity contribution in [1.29, 1.82) is 0 Å². The molecule has 0 saturated heterocycles. The highest BCUT2D eigenvalue weighted by molar-refractivity contribution is 6.19. The maximum absolute atomic E-state index is 13.6. The second-order valence-corrected chi connectivity index (χ2v) is 9.03. The van der Waals surface area contributed by atoms with E-state index in [4.69, 9.17) is 0 Å². The van der Waals surface area contributed by atoms with Crippen molar-refractivity contribution in [1.82, 2.24) is 29.9 Å². The minimum Gasteiger partial charge on any atom is -0.242 e. The van der Waals surface area contributed by atoms with Crippen molar-refractivity contribution in [2.45, 2.75) is 37.1 Å². The van der Waals surface area contributed by atoms with Crippen molar-refractivity contribution >= 4 is 44.1 Å². The fraction of sp³-hybridized carbons (Fsp3) is 0.273. The molecule has 0 amide bonds. The molecule has 0 unspecified atom stereocenters. The number of aromatic nitrogens is 6. The van der Waals surface area contributed by atoms with Crippen molar-refractivity contribution < 1.29 is 79.0 Å². The third kappa shape index (κ3) is 5.45. The van der Waals surface area contributed by atoms with Gasteiger partial charge in [0.05, 0.1) is 22.2 Å². The standard InChI is InChI=1S/C22H2F18N6/c23-17(24,25)3-1-5-6(2-4(3)18(26,27)28)42-8-7(41-5)9-11(45-15(21(35,36)37)13(43-9)19(29,30)31)12-10(8)44-14(20(32,33)34)16(46-12)22(38,39)40/h1-2H. The molecule has 5 rings (SSSR count). The van der Waals surface area contributed by atoms with Crippen molar-refractivity contribution in [3.8, 4) is 0 Å². The molecule has 0 aliphatic carbocycles. The highest BCUT2D eigenvalue weighted by Gasteiger charge is 2.49. The first-order valence-corrected chi connectivity index (χ1v) is 11.2. The smallest absolute Gasteiger partial charge is 0.242 e. The molecule has 2 aromatic carbocycles. The number of halogens is 18. The van der Waals surface area contributed by atoms with Gasteiger partial charge in [-0.05, 0) is 12.1 Å². The molecule has 0 aliphatic heterocycles. The minimum atomic E-state index is -6.08. The highest BCUT2D eigenvalue weighted by Crippen LogP contribution is 2.45. The monoisotopic (exact) mass is 692 g/mol. The van der Waals surface area contributed by atoms with Crippen LogP contribution in [-0.4, -0.2) is 29.9 Å². The van der Waals surface area contributed by atoms with E-state index in [0.29, 0.717) is 0 Å². The van der Waals surface area contributed by atoms with E-state index in [1.807, 2.05) is 0 Å². The maximum atomic E-state index is 13.6. The van der Waals surface area contributed by atoms with Gasteiger partial charge in [0.2, 0.25) is 0 Å². The zero-order valence-corrected chi connectivity index (χ0v) is 20.6. The second kappa shape index (κ2) is 9.49. The van der Waals surface area contributed by atoms with Crippen LogP contribution >= 0.6 is 0 Å². The summed E-state index contributed by atoms with van der Waals surface area (Å²) in [7, 11) is 0. The van der Waals surface area contributed by atoms with Gasteiger partial charge in [-0.15, -0.1) is 0 Å². The van der Waals surface area contributed by atoms with Gasteiger partial charge in [0, 0.05) is 0 Å². The van der Waals surface area contributed by atoms with Gasteiger partial charge in [-0.1, -0.05) is 0 Å². The first-order valence-electron chi connectivity index (χ1n) is 11.2. The van der Waals surface area contributed by atoms with E-state index < -0.39 is 115 Å². The lowest BCUT2D eigenvalue weighted by Gasteiger charge is -2.19. The number of rotatable bonds is 0. The topological polar surface area (TPSA) is 77.3 Å². The van der Waals surface area contributed by atoms with Gasteiger partial charge in [0.1, 0.15) is 33.1 Å². The van der Waals surface area contributed by atoms with E-state index in [1.165, 1.54) is 0 Å². The van der Waals surface area contributed by atoms with E-state index in [1.54, 1.807) is 0 Å². The summed E-state index contributed by atoms with van der Waals surface area (Å²) in [6.45, 7) is 0. The fourth-order valence-electron chi connectivity index (χ4n) is 4.22. The van der Waals surface area contributed by atoms with Crippen LogP contribution in [-0.2, 0) is 37.1 Å². The highest BCUT2D eigenvalue weighted by atomic mass is 19.4. The van der Waals surface area contributed by atoms with Crippen LogP contribution in [0.1, 0.15) is 33.9 Å². The van der Waals surface area contributed by atoms with Gasteiger partial charge < -0.3 is 0 Å². The molecule has 24 heteroatoms. The van der Waals surface area contributed by atoms with Crippen LogP contribution in [0.2, 0.25) is 0 Å². The van der Waals surface area contributed by atoms with Gasteiger partial charge in [0.25, 0.3) is 0 Å². The summed E-state index contributed by atoms with van der Waals surface area (Å²) in [4.78, 5) is 17.4. The number of nitrogens with zero attached hydrogens (tertiary/aromatic N) is 6. The van der Waals surface area contributed by atoms with E-state index >= 15 is 0 Å². The molecule has 0 spiro atoms. The normalized spacial score (nSPS) is 14.3. The SMILES string of the molecule is FC(F)(F)c1cc2nc3c4nc(C(F)(F)F)c(C(F)(F)F)nc4c4nc(C(F)(F)F)c(C(F)(F)F)nc4c3nc2cc1C(F)(F)F. The zero-order chi connectivity index (χ0) is 34.7. The Balaban J connectivity index is 2.13. The molecule has 0 atom stereocenters. The van der Waals surface area contributed by atoms with Gasteiger partial charge in [0.15, 0.2) is 22.8 Å². The lowest BCUT2D eigenvalue weighted by Crippen LogP contribution is -2.22. The van der Waals surface area contributed by atoms with Crippen LogP contribution in [0.25, 0.3) is 44.1 Å². The lowest BCUT2D eigenvalue weighted by molar-refractivity contribution is -0.167. The molecule has 46 heavy (non-hydrogen) atoms. The van der Waals surface area contributed by atoms with Crippen LogP contribution in [0.15, 0.2) is 12.1 Å². The largest absolute Gasteiger partial charge is 0.435 e. The Morgan fingerprint density at radius 1 is 0.283 bits per heavy atom. The third-order valence-corrected chi connectivity index (χ3v) is 5.95. The van der Waals surface area contributed by atoms with Gasteiger partial charge >= 0.3 is 37.1 Å². The summed E-state index contributed by atoms with van der Waals surface area (Å²) < 4.78 is 245. The molecule has 3 heterocycles. The predicted octanol–water partition coefficient (Wildman–Crippen LogP) is 8.78. The molecule has 0 radical (unpaired) electrons. The molecular weight excluding hydrogens is 690 g/mol. The number of hydrogen-bond donors (Lipinski definition) is 0. The van der Waals surface area contributed by atoms with Crippen molar-refractivity contribution in [2.75, 3.05) is 0 Å². The molecule has 5 aromatic rings. The van der Waals surface area contributed by atoms with E-state index in [-0.39, 0.29) is 12.1 Å². The van der Waals surface area contributed by atoms with Crippen molar-refractivity contribution in [2.24, 2.45) is 0 Å². The molecule has 3 aromatic heterocycles. The molecular formula is C22H2F18N6. The van der Waals surface area contributed by atoms with Gasteiger partial charge in [-0.2, -0.15) is 79.0 Å².